The van der Waals surface area contributed by atoms with Crippen LogP contribution in [-0.2, 0) is 9.59 Å². The van der Waals surface area contributed by atoms with Crippen molar-refractivity contribution in [1.82, 2.24) is 0 Å². The number of ether oxygens (including phenoxy) is 2. The second kappa shape index (κ2) is 8.78. The van der Waals surface area contributed by atoms with Crippen LogP contribution in [0, 0.1) is 19.7 Å². The molecule has 0 fully saturated rings. The lowest BCUT2D eigenvalue weighted by Gasteiger charge is -2.16. The third-order valence-corrected chi connectivity index (χ3v) is 5.69. The summed E-state index contributed by atoms with van der Waals surface area (Å²) in [5.41, 5.74) is 3.56. The minimum Gasteiger partial charge on any atom is -0.493 e. The monoisotopic (exact) mass is 446 g/mol. The Hall–Kier alpha value is -4.13. The molecule has 0 spiro atoms. The molecular weight excluding hydrogens is 423 g/mol. The van der Waals surface area contributed by atoms with Gasteiger partial charge in [0.05, 0.1) is 25.5 Å². The van der Waals surface area contributed by atoms with Crippen LogP contribution < -0.4 is 19.7 Å². The molecule has 0 aliphatic carbocycles. The largest absolute Gasteiger partial charge is 0.493 e. The first-order valence-corrected chi connectivity index (χ1v) is 10.3. The molecule has 3 aromatic carbocycles. The average molecular weight is 446 g/mol. The number of hydrogen-bond donors (Lipinski definition) is 1. The summed E-state index contributed by atoms with van der Waals surface area (Å²) in [6.07, 6.45) is 0. The van der Waals surface area contributed by atoms with Crippen molar-refractivity contribution in [3.8, 4) is 11.5 Å². The minimum atomic E-state index is -0.573. The van der Waals surface area contributed by atoms with Crippen LogP contribution in [0.5, 0.6) is 11.5 Å². The van der Waals surface area contributed by atoms with Gasteiger partial charge >= 0.3 is 0 Å². The number of nitrogens with zero attached hydrogens (tertiary/aromatic N) is 1. The normalized spacial score (nSPS) is 13.5. The second-order valence-corrected chi connectivity index (χ2v) is 7.62. The number of carbonyl (C=O) groups is 2. The summed E-state index contributed by atoms with van der Waals surface area (Å²) in [5, 5.41) is 3.16. The molecule has 2 amide bonds. The van der Waals surface area contributed by atoms with Gasteiger partial charge in [-0.05, 0) is 66.9 Å². The van der Waals surface area contributed by atoms with Crippen LogP contribution in [-0.4, -0.2) is 26.0 Å². The zero-order valence-corrected chi connectivity index (χ0v) is 18.7. The van der Waals surface area contributed by atoms with E-state index in [1.54, 1.807) is 18.2 Å². The van der Waals surface area contributed by atoms with Crippen molar-refractivity contribution in [2.45, 2.75) is 13.8 Å². The Morgan fingerprint density at radius 2 is 1.58 bits per heavy atom. The quantitative estimate of drug-likeness (QED) is 0.548. The van der Waals surface area contributed by atoms with Gasteiger partial charge in [0.25, 0.3) is 11.8 Å². The van der Waals surface area contributed by atoms with Crippen molar-refractivity contribution in [2.24, 2.45) is 0 Å². The molecule has 3 aromatic rings. The summed E-state index contributed by atoms with van der Waals surface area (Å²) in [7, 11) is 3.01. The number of nitrogens with one attached hydrogen (secondary N) is 1. The Balaban J connectivity index is 1.89. The SMILES string of the molecule is COc1ccc(C2=C(Nc3cccc(C)c3C)C(=O)N(c3cccc(F)c3)C2=O)cc1OC. The van der Waals surface area contributed by atoms with Gasteiger partial charge in [0.1, 0.15) is 11.5 Å². The molecule has 1 N–H and O–H groups in total. The van der Waals surface area contributed by atoms with Crippen LogP contribution in [0.4, 0.5) is 15.8 Å². The van der Waals surface area contributed by atoms with Gasteiger partial charge in [0.2, 0.25) is 0 Å². The molecule has 0 aromatic heterocycles. The first-order chi connectivity index (χ1) is 15.8. The summed E-state index contributed by atoms with van der Waals surface area (Å²) in [6.45, 7) is 3.89. The van der Waals surface area contributed by atoms with Crippen molar-refractivity contribution >= 4 is 28.8 Å². The van der Waals surface area contributed by atoms with E-state index in [1.165, 1.54) is 32.4 Å². The number of benzene rings is 3. The van der Waals surface area contributed by atoms with E-state index in [9.17, 15) is 14.0 Å². The molecule has 168 valence electrons. The van der Waals surface area contributed by atoms with Gasteiger partial charge in [0.15, 0.2) is 11.5 Å². The van der Waals surface area contributed by atoms with Crippen LogP contribution in [0.2, 0.25) is 0 Å². The fourth-order valence-corrected chi connectivity index (χ4v) is 3.78. The number of halogens is 1. The Labute approximate surface area is 191 Å². The molecule has 0 saturated carbocycles. The summed E-state index contributed by atoms with van der Waals surface area (Å²) in [6, 6.07) is 16.0. The minimum absolute atomic E-state index is 0.102. The van der Waals surface area contributed by atoms with Crippen molar-refractivity contribution in [3.63, 3.8) is 0 Å². The van der Waals surface area contributed by atoms with E-state index in [1.807, 2.05) is 32.0 Å². The molecule has 7 heteroatoms. The van der Waals surface area contributed by atoms with Crippen molar-refractivity contribution < 1.29 is 23.5 Å². The number of rotatable bonds is 6. The molecule has 1 aliphatic heterocycles. The molecule has 0 radical (unpaired) electrons. The van der Waals surface area contributed by atoms with Gasteiger partial charge in [-0.25, -0.2) is 9.29 Å². The lowest BCUT2D eigenvalue weighted by molar-refractivity contribution is -0.120. The summed E-state index contributed by atoms with van der Waals surface area (Å²) in [5.74, 6) is -0.777. The molecule has 0 bridgehead atoms. The first-order valence-electron chi connectivity index (χ1n) is 10.3. The maximum Gasteiger partial charge on any atom is 0.282 e. The van der Waals surface area contributed by atoms with Gasteiger partial charge in [0, 0.05) is 5.69 Å². The van der Waals surface area contributed by atoms with E-state index in [4.69, 9.17) is 9.47 Å². The fourth-order valence-electron chi connectivity index (χ4n) is 3.78. The first kappa shape index (κ1) is 22.1. The van der Waals surface area contributed by atoms with Crippen molar-refractivity contribution in [1.29, 1.82) is 0 Å². The van der Waals surface area contributed by atoms with Gasteiger partial charge in [-0.3, -0.25) is 9.59 Å². The highest BCUT2D eigenvalue weighted by Crippen LogP contribution is 2.38. The lowest BCUT2D eigenvalue weighted by atomic mass is 10.0. The van der Waals surface area contributed by atoms with E-state index in [-0.39, 0.29) is 17.0 Å². The highest BCUT2D eigenvalue weighted by atomic mass is 19.1. The topological polar surface area (TPSA) is 67.9 Å². The Morgan fingerprint density at radius 3 is 2.27 bits per heavy atom. The molecule has 1 aliphatic rings. The molecule has 6 nitrogen and oxygen atoms in total. The standard InChI is InChI=1S/C26H23FN2O4/c1-15-7-5-10-20(16(15)2)28-24-23(17-11-12-21(32-3)22(13-17)33-4)25(30)29(26(24)31)19-9-6-8-18(27)14-19/h5-14,28H,1-4H3. The molecule has 0 saturated heterocycles. The van der Waals surface area contributed by atoms with Gasteiger partial charge < -0.3 is 14.8 Å². The van der Waals surface area contributed by atoms with Gasteiger partial charge in [-0.15, -0.1) is 0 Å². The predicted molar refractivity (Wildman–Crippen MR) is 125 cm³/mol. The number of methoxy groups -OCH3 is 2. The molecule has 1 heterocycles. The van der Waals surface area contributed by atoms with Crippen LogP contribution in [0.1, 0.15) is 16.7 Å². The zero-order valence-electron chi connectivity index (χ0n) is 18.7. The maximum absolute atomic E-state index is 13.9. The Kier molecular flexibility index (Phi) is 5.87. The average Bonchev–Trinajstić information content (AvgIpc) is 3.05. The molecule has 0 atom stereocenters. The number of carbonyl (C=O) groups excluding carboxylic acids is 2. The van der Waals surface area contributed by atoms with E-state index in [0.29, 0.717) is 22.7 Å². The Morgan fingerprint density at radius 1 is 0.848 bits per heavy atom. The van der Waals surface area contributed by atoms with Crippen LogP contribution in [0.15, 0.2) is 66.4 Å². The summed E-state index contributed by atoms with van der Waals surface area (Å²) >= 11 is 0. The van der Waals surface area contributed by atoms with Crippen LogP contribution in [0.3, 0.4) is 0 Å². The van der Waals surface area contributed by atoms with Gasteiger partial charge in [-0.1, -0.05) is 24.3 Å². The van der Waals surface area contributed by atoms with E-state index < -0.39 is 17.6 Å². The lowest BCUT2D eigenvalue weighted by Crippen LogP contribution is -2.32. The second-order valence-electron chi connectivity index (χ2n) is 7.62. The highest BCUT2D eigenvalue weighted by Gasteiger charge is 2.40. The summed E-state index contributed by atoms with van der Waals surface area (Å²) < 4.78 is 24.6. The van der Waals surface area contributed by atoms with Crippen molar-refractivity contribution in [2.75, 3.05) is 24.4 Å². The number of amides is 2. The number of aryl methyl sites for hydroxylation is 1. The van der Waals surface area contributed by atoms with Crippen LogP contribution >= 0.6 is 0 Å². The summed E-state index contributed by atoms with van der Waals surface area (Å²) in [4.78, 5) is 28.0. The number of anilines is 2. The van der Waals surface area contributed by atoms with Gasteiger partial charge in [-0.2, -0.15) is 0 Å². The smallest absolute Gasteiger partial charge is 0.282 e. The number of hydrogen-bond acceptors (Lipinski definition) is 5. The third kappa shape index (κ3) is 3.93. The molecule has 33 heavy (non-hydrogen) atoms. The maximum atomic E-state index is 13.9. The molecular formula is C26H23FN2O4. The zero-order chi connectivity index (χ0) is 23.7. The van der Waals surface area contributed by atoms with E-state index in [2.05, 4.69) is 5.32 Å². The molecule has 4 rings (SSSR count). The Bertz CT molecular complexity index is 1300. The van der Waals surface area contributed by atoms with Crippen molar-refractivity contribution in [3.05, 3.63) is 88.9 Å². The molecule has 0 unspecified atom stereocenters. The third-order valence-electron chi connectivity index (χ3n) is 5.69. The van der Waals surface area contributed by atoms with E-state index in [0.717, 1.165) is 22.1 Å². The van der Waals surface area contributed by atoms with Crippen LogP contribution in [0.25, 0.3) is 5.57 Å². The highest BCUT2D eigenvalue weighted by molar-refractivity contribution is 6.46. The predicted octanol–water partition coefficient (Wildman–Crippen LogP) is 4.86. The fraction of sp³-hybridized carbons (Fsp3) is 0.154. The number of imide groups is 1. The van der Waals surface area contributed by atoms with E-state index >= 15 is 0 Å².